The first-order valence-electron chi connectivity index (χ1n) is 8.48. The fraction of sp³-hybridized carbons (Fsp3) is 0.211. The van der Waals surface area contributed by atoms with Crippen LogP contribution < -0.4 is 5.32 Å². The summed E-state index contributed by atoms with van der Waals surface area (Å²) in [6.07, 6.45) is 2.78. The number of carbonyl (C=O) groups is 2. The quantitative estimate of drug-likeness (QED) is 0.742. The molecular weight excluding hydrogens is 369 g/mol. The van der Waals surface area contributed by atoms with E-state index in [9.17, 15) is 14.0 Å². The monoisotopic (exact) mass is 385 g/mol. The Balaban J connectivity index is 1.46. The van der Waals surface area contributed by atoms with Gasteiger partial charge in [-0.2, -0.15) is 0 Å². The summed E-state index contributed by atoms with van der Waals surface area (Å²) in [5.41, 5.74) is 1.42. The normalized spacial score (nSPS) is 16.5. The van der Waals surface area contributed by atoms with E-state index in [4.69, 9.17) is 4.42 Å². The zero-order valence-corrected chi connectivity index (χ0v) is 15.0. The second-order valence-corrected chi connectivity index (χ2v) is 7.03. The molecule has 1 atom stereocenters. The average molecular weight is 385 g/mol. The molecule has 3 aromatic rings. The Hall–Kier alpha value is -3.00. The summed E-state index contributed by atoms with van der Waals surface area (Å²) in [6.45, 7) is 0.510. The SMILES string of the molecule is O=C(Nc1nc(-c2ccc(F)cc2)cs1)C1CCCN1C(=O)c1ccco1. The van der Waals surface area contributed by atoms with Crippen LogP contribution in [0.1, 0.15) is 23.4 Å². The molecule has 1 fully saturated rings. The highest BCUT2D eigenvalue weighted by Crippen LogP contribution is 2.27. The molecule has 0 radical (unpaired) electrons. The van der Waals surface area contributed by atoms with Gasteiger partial charge in [-0.1, -0.05) is 0 Å². The van der Waals surface area contributed by atoms with Gasteiger partial charge in [-0.25, -0.2) is 9.37 Å². The van der Waals surface area contributed by atoms with Gasteiger partial charge in [0.25, 0.3) is 5.91 Å². The number of hydrogen-bond donors (Lipinski definition) is 1. The fourth-order valence-electron chi connectivity index (χ4n) is 3.10. The van der Waals surface area contributed by atoms with E-state index < -0.39 is 6.04 Å². The lowest BCUT2D eigenvalue weighted by atomic mass is 10.2. The number of aromatic nitrogens is 1. The van der Waals surface area contributed by atoms with Crippen molar-refractivity contribution in [3.8, 4) is 11.3 Å². The Bertz CT molecular complexity index is 953. The van der Waals surface area contributed by atoms with Crippen molar-refractivity contribution in [2.24, 2.45) is 0 Å². The highest BCUT2D eigenvalue weighted by molar-refractivity contribution is 7.14. The first-order valence-corrected chi connectivity index (χ1v) is 9.36. The number of carbonyl (C=O) groups excluding carboxylic acids is 2. The van der Waals surface area contributed by atoms with Gasteiger partial charge in [0.1, 0.15) is 11.9 Å². The predicted molar refractivity (Wildman–Crippen MR) is 98.9 cm³/mol. The molecule has 0 bridgehead atoms. The molecule has 1 aromatic carbocycles. The van der Waals surface area contributed by atoms with Crippen LogP contribution in [0.4, 0.5) is 9.52 Å². The Morgan fingerprint density at radius 2 is 2.07 bits per heavy atom. The number of rotatable bonds is 4. The van der Waals surface area contributed by atoms with Crippen molar-refractivity contribution in [1.82, 2.24) is 9.88 Å². The van der Waals surface area contributed by atoms with Gasteiger partial charge < -0.3 is 14.6 Å². The molecule has 1 saturated heterocycles. The number of benzene rings is 1. The van der Waals surface area contributed by atoms with E-state index in [-0.39, 0.29) is 23.4 Å². The van der Waals surface area contributed by atoms with Gasteiger partial charge in [-0.05, 0) is 49.2 Å². The molecule has 1 N–H and O–H groups in total. The molecule has 1 aliphatic rings. The summed E-state index contributed by atoms with van der Waals surface area (Å²) in [7, 11) is 0. The molecule has 4 rings (SSSR count). The van der Waals surface area contributed by atoms with Crippen molar-refractivity contribution in [2.75, 3.05) is 11.9 Å². The molecule has 3 heterocycles. The number of amides is 2. The molecule has 8 heteroatoms. The Morgan fingerprint density at radius 1 is 1.26 bits per heavy atom. The van der Waals surface area contributed by atoms with Gasteiger partial charge in [0.15, 0.2) is 10.9 Å². The number of nitrogens with one attached hydrogen (secondary N) is 1. The average Bonchev–Trinajstić information content (AvgIpc) is 3.42. The van der Waals surface area contributed by atoms with Gasteiger partial charge in [0.05, 0.1) is 12.0 Å². The summed E-state index contributed by atoms with van der Waals surface area (Å²) >= 11 is 1.28. The molecule has 6 nitrogen and oxygen atoms in total. The van der Waals surface area contributed by atoms with Gasteiger partial charge in [0.2, 0.25) is 5.91 Å². The van der Waals surface area contributed by atoms with Gasteiger partial charge in [-0.3, -0.25) is 9.59 Å². The lowest BCUT2D eigenvalue weighted by Crippen LogP contribution is -2.43. The second-order valence-electron chi connectivity index (χ2n) is 6.17. The van der Waals surface area contributed by atoms with Crippen LogP contribution in [0.2, 0.25) is 0 Å². The van der Waals surface area contributed by atoms with E-state index in [0.29, 0.717) is 23.8 Å². The summed E-state index contributed by atoms with van der Waals surface area (Å²) < 4.78 is 18.2. The number of likely N-dealkylation sites (tertiary alicyclic amines) is 1. The second kappa shape index (κ2) is 7.32. The molecule has 2 amide bonds. The summed E-state index contributed by atoms with van der Waals surface area (Å²) in [5, 5.41) is 5.02. The van der Waals surface area contributed by atoms with Crippen LogP contribution in [-0.4, -0.2) is 34.3 Å². The Morgan fingerprint density at radius 3 is 2.81 bits per heavy atom. The third-order valence-corrected chi connectivity index (χ3v) is 5.18. The smallest absolute Gasteiger partial charge is 0.290 e. The van der Waals surface area contributed by atoms with Crippen LogP contribution in [0.3, 0.4) is 0 Å². The number of hydrogen-bond acceptors (Lipinski definition) is 5. The molecule has 138 valence electrons. The van der Waals surface area contributed by atoms with Gasteiger partial charge >= 0.3 is 0 Å². The number of anilines is 1. The van der Waals surface area contributed by atoms with Crippen molar-refractivity contribution in [1.29, 1.82) is 0 Å². The van der Waals surface area contributed by atoms with Crippen LogP contribution in [0.5, 0.6) is 0 Å². The third-order valence-electron chi connectivity index (χ3n) is 4.42. The highest BCUT2D eigenvalue weighted by Gasteiger charge is 2.35. The minimum absolute atomic E-state index is 0.225. The van der Waals surface area contributed by atoms with Crippen LogP contribution >= 0.6 is 11.3 Å². The van der Waals surface area contributed by atoms with Crippen molar-refractivity contribution in [3.63, 3.8) is 0 Å². The minimum atomic E-state index is -0.555. The zero-order valence-electron chi connectivity index (χ0n) is 14.2. The van der Waals surface area contributed by atoms with E-state index in [1.54, 1.807) is 29.6 Å². The molecule has 1 unspecified atom stereocenters. The van der Waals surface area contributed by atoms with Crippen LogP contribution in [0, 0.1) is 5.82 Å². The summed E-state index contributed by atoms with van der Waals surface area (Å²) in [5.74, 6) is -0.649. The number of furan rings is 1. The maximum Gasteiger partial charge on any atom is 0.290 e. The third kappa shape index (κ3) is 3.61. The number of thiazole rings is 1. The summed E-state index contributed by atoms with van der Waals surface area (Å²) in [4.78, 5) is 31.1. The van der Waals surface area contributed by atoms with Crippen LogP contribution in [-0.2, 0) is 4.79 Å². The molecule has 1 aliphatic heterocycles. The minimum Gasteiger partial charge on any atom is -0.459 e. The highest BCUT2D eigenvalue weighted by atomic mass is 32.1. The Labute approximate surface area is 158 Å². The molecule has 0 spiro atoms. The van der Waals surface area contributed by atoms with Crippen LogP contribution in [0.25, 0.3) is 11.3 Å². The van der Waals surface area contributed by atoms with E-state index in [2.05, 4.69) is 10.3 Å². The van der Waals surface area contributed by atoms with Crippen LogP contribution in [0.15, 0.2) is 52.5 Å². The van der Waals surface area contributed by atoms with Crippen molar-refractivity contribution >= 4 is 28.3 Å². The van der Waals surface area contributed by atoms with Crippen molar-refractivity contribution in [2.45, 2.75) is 18.9 Å². The lowest BCUT2D eigenvalue weighted by molar-refractivity contribution is -0.119. The predicted octanol–water partition coefficient (Wildman–Crippen LogP) is 3.79. The standard InChI is InChI=1S/C19H16FN3O3S/c20-13-7-5-12(6-8-13)14-11-27-19(21-14)22-17(24)15-3-1-9-23(15)18(25)16-4-2-10-26-16/h2,4-8,10-11,15H,1,3,9H2,(H,21,22,24). The van der Waals surface area contributed by atoms with Crippen molar-refractivity contribution < 1.29 is 18.4 Å². The first kappa shape index (κ1) is 17.4. The Kier molecular flexibility index (Phi) is 4.72. The molecular formula is C19H16FN3O3S. The maximum absolute atomic E-state index is 13.0. The number of halogens is 1. The summed E-state index contributed by atoms with van der Waals surface area (Å²) in [6, 6.07) is 8.68. The van der Waals surface area contributed by atoms with Gasteiger partial charge in [0, 0.05) is 17.5 Å². The molecule has 27 heavy (non-hydrogen) atoms. The first-order chi connectivity index (χ1) is 13.1. The lowest BCUT2D eigenvalue weighted by Gasteiger charge is -2.22. The zero-order chi connectivity index (χ0) is 18.8. The topological polar surface area (TPSA) is 75.4 Å². The molecule has 0 aliphatic carbocycles. The maximum atomic E-state index is 13.0. The van der Waals surface area contributed by atoms with E-state index in [1.807, 2.05) is 0 Å². The fourth-order valence-corrected chi connectivity index (χ4v) is 3.82. The number of nitrogens with zero attached hydrogens (tertiary/aromatic N) is 2. The molecule has 0 saturated carbocycles. The van der Waals surface area contributed by atoms with Gasteiger partial charge in [-0.15, -0.1) is 11.3 Å². The van der Waals surface area contributed by atoms with E-state index in [1.165, 1.54) is 34.6 Å². The van der Waals surface area contributed by atoms with E-state index in [0.717, 1.165) is 12.0 Å². The largest absolute Gasteiger partial charge is 0.459 e. The van der Waals surface area contributed by atoms with Crippen molar-refractivity contribution in [3.05, 3.63) is 59.6 Å². The molecule has 2 aromatic heterocycles. The van der Waals surface area contributed by atoms with E-state index >= 15 is 0 Å².